The number of fused-ring (bicyclic) bond motifs is 2. The Hall–Kier alpha value is -2.56. The highest BCUT2D eigenvalue weighted by atomic mass is 19.3. The van der Waals surface area contributed by atoms with Crippen molar-refractivity contribution in [3.8, 4) is 11.1 Å². The number of benzene rings is 2. The van der Waals surface area contributed by atoms with Gasteiger partial charge in [0.1, 0.15) is 0 Å². The maximum absolute atomic E-state index is 13.7. The van der Waals surface area contributed by atoms with E-state index in [4.69, 9.17) is 0 Å². The Morgan fingerprint density at radius 1 is 1.00 bits per heavy atom. The number of hydrogen-bond donors (Lipinski definition) is 1. The Balaban J connectivity index is 1.82. The summed E-state index contributed by atoms with van der Waals surface area (Å²) in [6.45, 7) is 0. The van der Waals surface area contributed by atoms with E-state index in [1.165, 1.54) is 6.07 Å². The molecular formula is C18H13F2NO2. The first kappa shape index (κ1) is 14.1. The first-order valence-electron chi connectivity index (χ1n) is 7.43. The summed E-state index contributed by atoms with van der Waals surface area (Å²) in [6.07, 6.45) is 0.490. The highest BCUT2D eigenvalue weighted by Crippen LogP contribution is 2.40. The smallest absolute Gasteiger partial charge is 0.313 e. The van der Waals surface area contributed by atoms with E-state index in [0.29, 0.717) is 24.0 Å². The van der Waals surface area contributed by atoms with Gasteiger partial charge >= 0.3 is 5.92 Å². The van der Waals surface area contributed by atoms with E-state index in [1.54, 1.807) is 24.3 Å². The van der Waals surface area contributed by atoms with Crippen LogP contribution in [0.4, 0.5) is 14.5 Å². The van der Waals surface area contributed by atoms with Crippen LogP contribution in [-0.2, 0) is 17.6 Å². The van der Waals surface area contributed by atoms with Gasteiger partial charge in [-0.2, -0.15) is 8.78 Å². The van der Waals surface area contributed by atoms with Crippen molar-refractivity contribution in [3.05, 3.63) is 53.1 Å². The third kappa shape index (κ3) is 2.15. The van der Waals surface area contributed by atoms with Crippen molar-refractivity contribution in [3.63, 3.8) is 0 Å². The lowest BCUT2D eigenvalue weighted by molar-refractivity contribution is -0.116. The molecule has 0 unspecified atom stereocenters. The third-order valence-electron chi connectivity index (χ3n) is 4.46. The monoisotopic (exact) mass is 313 g/mol. The predicted octanol–water partition coefficient (Wildman–Crippen LogP) is 3.61. The van der Waals surface area contributed by atoms with E-state index < -0.39 is 18.1 Å². The molecule has 2 aromatic carbocycles. The SMILES string of the molecule is O=C1CCc2cc(-c3cccc4c3CC(F)(F)C4=O)ccc2N1. The number of carbonyl (C=O) groups is 2. The van der Waals surface area contributed by atoms with Gasteiger partial charge in [0.15, 0.2) is 0 Å². The van der Waals surface area contributed by atoms with Crippen molar-refractivity contribution in [1.82, 2.24) is 0 Å². The van der Waals surface area contributed by atoms with Gasteiger partial charge in [-0.1, -0.05) is 24.3 Å². The molecule has 4 rings (SSSR count). The lowest BCUT2D eigenvalue weighted by Crippen LogP contribution is -2.23. The number of alkyl halides is 2. The van der Waals surface area contributed by atoms with Gasteiger partial charge < -0.3 is 5.32 Å². The fraction of sp³-hybridized carbons (Fsp3) is 0.222. The van der Waals surface area contributed by atoms with E-state index in [9.17, 15) is 18.4 Å². The number of amides is 1. The van der Waals surface area contributed by atoms with Crippen LogP contribution in [0.15, 0.2) is 36.4 Å². The van der Waals surface area contributed by atoms with Gasteiger partial charge in [-0.15, -0.1) is 0 Å². The van der Waals surface area contributed by atoms with Crippen LogP contribution >= 0.6 is 0 Å². The number of aryl methyl sites for hydroxylation is 1. The standard InChI is InChI=1S/C18H13F2NO2/c19-18(20)9-14-12(2-1-3-13(14)17(18)23)10-4-6-15-11(8-10)5-7-16(22)21-15/h1-4,6,8H,5,7,9H2,(H,21,22). The van der Waals surface area contributed by atoms with Crippen LogP contribution in [0.1, 0.15) is 27.9 Å². The summed E-state index contributed by atoms with van der Waals surface area (Å²) in [5.41, 5.74) is 3.71. The summed E-state index contributed by atoms with van der Waals surface area (Å²) < 4.78 is 27.5. The molecule has 0 bridgehead atoms. The van der Waals surface area contributed by atoms with Crippen molar-refractivity contribution in [1.29, 1.82) is 0 Å². The zero-order chi connectivity index (χ0) is 16.2. The molecule has 1 amide bonds. The Morgan fingerprint density at radius 3 is 2.61 bits per heavy atom. The first-order chi connectivity index (χ1) is 11.0. The molecule has 2 aliphatic rings. The minimum Gasteiger partial charge on any atom is -0.326 e. The van der Waals surface area contributed by atoms with Crippen LogP contribution < -0.4 is 5.32 Å². The molecule has 5 heteroatoms. The largest absolute Gasteiger partial charge is 0.326 e. The molecule has 0 radical (unpaired) electrons. The fourth-order valence-electron chi connectivity index (χ4n) is 3.31. The number of anilines is 1. The molecule has 23 heavy (non-hydrogen) atoms. The molecule has 0 fully saturated rings. The van der Waals surface area contributed by atoms with Crippen molar-refractivity contribution >= 4 is 17.4 Å². The van der Waals surface area contributed by atoms with Crippen molar-refractivity contribution < 1.29 is 18.4 Å². The van der Waals surface area contributed by atoms with Gasteiger partial charge in [0, 0.05) is 24.1 Å². The molecule has 0 saturated heterocycles. The van der Waals surface area contributed by atoms with E-state index >= 15 is 0 Å². The number of nitrogens with one attached hydrogen (secondary N) is 1. The Labute approximate surface area is 131 Å². The Morgan fingerprint density at radius 2 is 1.78 bits per heavy atom. The highest BCUT2D eigenvalue weighted by Gasteiger charge is 2.47. The maximum Gasteiger partial charge on any atom is 0.313 e. The minimum atomic E-state index is -3.32. The average molecular weight is 313 g/mol. The number of halogens is 2. The fourth-order valence-corrected chi connectivity index (χ4v) is 3.31. The second kappa shape index (κ2) is 4.72. The van der Waals surface area contributed by atoms with E-state index in [-0.39, 0.29) is 11.5 Å². The van der Waals surface area contributed by atoms with Gasteiger partial charge in [0.05, 0.1) is 0 Å². The van der Waals surface area contributed by atoms with Gasteiger partial charge in [-0.25, -0.2) is 0 Å². The van der Waals surface area contributed by atoms with Crippen LogP contribution in [-0.4, -0.2) is 17.6 Å². The lowest BCUT2D eigenvalue weighted by Gasteiger charge is -2.18. The van der Waals surface area contributed by atoms with Gasteiger partial charge in [-0.3, -0.25) is 9.59 Å². The minimum absolute atomic E-state index is 0.0175. The van der Waals surface area contributed by atoms with E-state index in [2.05, 4.69) is 5.32 Å². The van der Waals surface area contributed by atoms with Crippen molar-refractivity contribution in [2.75, 3.05) is 5.32 Å². The topological polar surface area (TPSA) is 46.2 Å². The summed E-state index contributed by atoms with van der Waals surface area (Å²) in [4.78, 5) is 23.2. The summed E-state index contributed by atoms with van der Waals surface area (Å²) in [5.74, 6) is -4.43. The second-order valence-electron chi connectivity index (χ2n) is 5.96. The zero-order valence-electron chi connectivity index (χ0n) is 12.2. The van der Waals surface area contributed by atoms with Gasteiger partial charge in [0.25, 0.3) is 0 Å². The highest BCUT2D eigenvalue weighted by molar-refractivity contribution is 6.07. The molecule has 0 spiro atoms. The molecule has 1 heterocycles. The van der Waals surface area contributed by atoms with E-state index in [0.717, 1.165) is 16.8 Å². The first-order valence-corrected chi connectivity index (χ1v) is 7.43. The number of Topliss-reactive ketones (excluding diaryl/α,β-unsaturated/α-hetero) is 1. The molecule has 3 nitrogen and oxygen atoms in total. The quantitative estimate of drug-likeness (QED) is 0.874. The number of hydrogen-bond acceptors (Lipinski definition) is 2. The second-order valence-corrected chi connectivity index (χ2v) is 5.96. The number of ketones is 1. The number of rotatable bonds is 1. The molecule has 1 aliphatic heterocycles. The maximum atomic E-state index is 13.7. The molecular weight excluding hydrogens is 300 g/mol. The van der Waals surface area contributed by atoms with Crippen LogP contribution in [0.3, 0.4) is 0 Å². The van der Waals surface area contributed by atoms with Crippen molar-refractivity contribution in [2.45, 2.75) is 25.2 Å². The molecule has 1 N–H and O–H groups in total. The van der Waals surface area contributed by atoms with Crippen LogP contribution in [0, 0.1) is 0 Å². The third-order valence-corrected chi connectivity index (χ3v) is 4.46. The summed E-state index contributed by atoms with van der Waals surface area (Å²) >= 11 is 0. The average Bonchev–Trinajstić information content (AvgIpc) is 2.77. The van der Waals surface area contributed by atoms with E-state index in [1.807, 2.05) is 6.07 Å². The summed E-state index contributed by atoms with van der Waals surface area (Å²) in [7, 11) is 0. The molecule has 0 aromatic heterocycles. The van der Waals surface area contributed by atoms with Crippen molar-refractivity contribution in [2.24, 2.45) is 0 Å². The number of carbonyl (C=O) groups excluding carboxylic acids is 2. The predicted molar refractivity (Wildman–Crippen MR) is 81.8 cm³/mol. The Kier molecular flexibility index (Phi) is 2.88. The normalized spacial score (nSPS) is 18.3. The summed E-state index contributed by atoms with van der Waals surface area (Å²) in [5, 5.41) is 2.80. The van der Waals surface area contributed by atoms with Crippen LogP contribution in [0.2, 0.25) is 0 Å². The lowest BCUT2D eigenvalue weighted by atomic mass is 9.93. The Bertz CT molecular complexity index is 858. The molecule has 2 aromatic rings. The van der Waals surface area contributed by atoms with Crippen LogP contribution in [0.25, 0.3) is 11.1 Å². The van der Waals surface area contributed by atoms with Crippen LogP contribution in [0.5, 0.6) is 0 Å². The van der Waals surface area contributed by atoms with Gasteiger partial charge in [0.2, 0.25) is 11.7 Å². The zero-order valence-corrected chi connectivity index (χ0v) is 12.2. The molecule has 116 valence electrons. The molecule has 0 atom stereocenters. The molecule has 0 saturated carbocycles. The van der Waals surface area contributed by atoms with Gasteiger partial charge in [-0.05, 0) is 40.8 Å². The summed E-state index contributed by atoms with van der Waals surface area (Å²) in [6, 6.07) is 10.3. The molecule has 1 aliphatic carbocycles.